The van der Waals surface area contributed by atoms with Gasteiger partial charge in [0.2, 0.25) is 0 Å². The number of benzene rings is 2. The van der Waals surface area contributed by atoms with Crippen molar-refractivity contribution < 1.29 is 4.42 Å². The van der Waals surface area contributed by atoms with Crippen molar-refractivity contribution in [2.75, 3.05) is 5.73 Å². The molecule has 1 heterocycles. The van der Waals surface area contributed by atoms with Gasteiger partial charge < -0.3 is 10.2 Å². The normalized spacial score (nSPS) is 10.6. The Bertz CT molecular complexity index is 838. The van der Waals surface area contributed by atoms with Crippen molar-refractivity contribution in [2.24, 2.45) is 0 Å². The van der Waals surface area contributed by atoms with Crippen molar-refractivity contribution in [1.29, 1.82) is 5.26 Å². The summed E-state index contributed by atoms with van der Waals surface area (Å²) in [7, 11) is 0. The van der Waals surface area contributed by atoms with Crippen LogP contribution in [-0.2, 0) is 0 Å². The first-order valence-electron chi connectivity index (χ1n) is 5.69. The highest BCUT2D eigenvalue weighted by Crippen LogP contribution is 2.33. The Hall–Kier alpha value is -1.97. The zero-order valence-corrected chi connectivity index (χ0v) is 12.5. The maximum atomic E-state index is 9.15. The van der Waals surface area contributed by atoms with Crippen LogP contribution in [0.3, 0.4) is 0 Å². The maximum absolute atomic E-state index is 9.15. The van der Waals surface area contributed by atoms with Crippen molar-refractivity contribution in [3.8, 4) is 6.07 Å². The summed E-state index contributed by atoms with van der Waals surface area (Å²) in [5.74, 6) is 0. The van der Waals surface area contributed by atoms with E-state index in [9.17, 15) is 0 Å². The van der Waals surface area contributed by atoms with E-state index in [2.05, 4.69) is 27.0 Å². The number of nitriles is 1. The number of nitrogens with zero attached hydrogens (tertiary/aromatic N) is 2. The van der Waals surface area contributed by atoms with Crippen LogP contribution in [0.4, 0.5) is 5.69 Å². The zero-order valence-electron chi connectivity index (χ0n) is 10.1. The maximum Gasteiger partial charge on any atom is 0.261 e. The number of fused-ring (bicyclic) bond motifs is 1. The molecule has 4 nitrogen and oxygen atoms in total. The summed E-state index contributed by atoms with van der Waals surface area (Å²) in [6.07, 6.45) is 0. The van der Waals surface area contributed by atoms with Gasteiger partial charge in [-0.15, -0.1) is 0 Å². The van der Waals surface area contributed by atoms with E-state index in [4.69, 9.17) is 15.4 Å². The van der Waals surface area contributed by atoms with Gasteiger partial charge in [-0.2, -0.15) is 5.26 Å². The third kappa shape index (κ3) is 2.50. The van der Waals surface area contributed by atoms with Crippen molar-refractivity contribution in [3.05, 3.63) is 46.4 Å². The van der Waals surface area contributed by atoms with Crippen LogP contribution in [-0.4, -0.2) is 4.98 Å². The number of nitrogens with two attached hydrogens (primary N) is 1. The van der Waals surface area contributed by atoms with Gasteiger partial charge in [-0.3, -0.25) is 0 Å². The Morgan fingerprint density at radius 1 is 1.25 bits per heavy atom. The molecule has 0 bridgehead atoms. The van der Waals surface area contributed by atoms with Gasteiger partial charge in [0.1, 0.15) is 11.6 Å². The van der Waals surface area contributed by atoms with Crippen LogP contribution in [0.5, 0.6) is 0 Å². The molecule has 0 aliphatic rings. The lowest BCUT2D eigenvalue weighted by atomic mass is 10.2. The second-order valence-electron chi connectivity index (χ2n) is 4.06. The Labute approximate surface area is 127 Å². The van der Waals surface area contributed by atoms with Gasteiger partial charge in [-0.1, -0.05) is 15.9 Å². The molecular weight excluding hydrogens is 338 g/mol. The van der Waals surface area contributed by atoms with E-state index < -0.39 is 0 Å². The van der Waals surface area contributed by atoms with Crippen molar-refractivity contribution in [2.45, 2.75) is 10.1 Å². The second kappa shape index (κ2) is 5.19. The number of rotatable bonds is 2. The lowest BCUT2D eigenvalue weighted by Crippen LogP contribution is -1.82. The quantitative estimate of drug-likeness (QED) is 0.704. The van der Waals surface area contributed by atoms with E-state index in [-0.39, 0.29) is 0 Å². The topological polar surface area (TPSA) is 75.8 Å². The predicted molar refractivity (Wildman–Crippen MR) is 81.4 cm³/mol. The number of halogens is 1. The fourth-order valence-electron chi connectivity index (χ4n) is 1.74. The molecule has 0 saturated carbocycles. The number of oxazole rings is 1. The first-order chi connectivity index (χ1) is 9.65. The number of hydrogen-bond acceptors (Lipinski definition) is 5. The van der Waals surface area contributed by atoms with Crippen molar-refractivity contribution in [3.63, 3.8) is 0 Å². The molecule has 0 aliphatic heterocycles. The number of nitrogen functional groups attached to an aromatic ring is 1. The Kier molecular flexibility index (Phi) is 3.38. The van der Waals surface area contributed by atoms with Gasteiger partial charge in [0, 0.05) is 15.1 Å². The van der Waals surface area contributed by atoms with Gasteiger partial charge in [-0.25, -0.2) is 4.98 Å². The minimum Gasteiger partial charge on any atom is -0.431 e. The lowest BCUT2D eigenvalue weighted by molar-refractivity contribution is 0.489. The molecule has 2 N–H and O–H groups in total. The molecule has 0 amide bonds. The van der Waals surface area contributed by atoms with Crippen LogP contribution >= 0.6 is 27.7 Å². The van der Waals surface area contributed by atoms with E-state index in [1.54, 1.807) is 24.3 Å². The Morgan fingerprint density at radius 3 is 2.90 bits per heavy atom. The van der Waals surface area contributed by atoms with E-state index in [0.29, 0.717) is 27.6 Å². The summed E-state index contributed by atoms with van der Waals surface area (Å²) in [4.78, 5) is 5.16. The van der Waals surface area contributed by atoms with E-state index in [1.165, 1.54) is 11.8 Å². The molecule has 0 saturated heterocycles. The third-order valence-electron chi connectivity index (χ3n) is 2.65. The van der Waals surface area contributed by atoms with Gasteiger partial charge in [0.05, 0.1) is 5.56 Å². The second-order valence-corrected chi connectivity index (χ2v) is 5.97. The number of hydrogen-bond donors (Lipinski definition) is 1. The minimum absolute atomic E-state index is 0.490. The highest BCUT2D eigenvalue weighted by Gasteiger charge is 2.11. The molecule has 2 aromatic carbocycles. The largest absolute Gasteiger partial charge is 0.431 e. The molecule has 3 rings (SSSR count). The fraction of sp³-hybridized carbons (Fsp3) is 0. The smallest absolute Gasteiger partial charge is 0.261 e. The molecule has 0 radical (unpaired) electrons. The fourth-order valence-corrected chi connectivity index (χ4v) is 2.91. The summed E-state index contributed by atoms with van der Waals surface area (Å²) in [6.45, 7) is 0. The molecular formula is C14H8BrN3OS. The molecule has 20 heavy (non-hydrogen) atoms. The molecule has 0 unspecified atom stereocenters. The summed E-state index contributed by atoms with van der Waals surface area (Å²) in [5.41, 5.74) is 8.32. The van der Waals surface area contributed by atoms with Crippen LogP contribution in [0.1, 0.15) is 5.56 Å². The van der Waals surface area contributed by atoms with Crippen LogP contribution in [0, 0.1) is 11.3 Å². The average molecular weight is 346 g/mol. The van der Waals surface area contributed by atoms with Gasteiger partial charge in [0.25, 0.3) is 5.22 Å². The van der Waals surface area contributed by atoms with E-state index in [0.717, 1.165) is 9.37 Å². The van der Waals surface area contributed by atoms with E-state index in [1.807, 2.05) is 12.1 Å². The highest BCUT2D eigenvalue weighted by molar-refractivity contribution is 9.10. The van der Waals surface area contributed by atoms with Crippen molar-refractivity contribution in [1.82, 2.24) is 4.98 Å². The summed E-state index contributed by atoms with van der Waals surface area (Å²) in [5, 5.41) is 9.64. The first-order valence-corrected chi connectivity index (χ1v) is 7.30. The van der Waals surface area contributed by atoms with Crippen LogP contribution in [0.2, 0.25) is 0 Å². The predicted octanol–water partition coefficient (Wildman–Crippen LogP) is 4.20. The lowest BCUT2D eigenvalue weighted by Gasteiger charge is -2.00. The average Bonchev–Trinajstić information content (AvgIpc) is 2.82. The SMILES string of the molecule is N#Cc1cc(Br)ccc1Sc1nc2cc(N)ccc2o1. The molecule has 0 aliphatic carbocycles. The van der Waals surface area contributed by atoms with Crippen LogP contribution < -0.4 is 5.73 Å². The summed E-state index contributed by atoms with van der Waals surface area (Å²) < 4.78 is 6.50. The molecule has 0 fully saturated rings. The van der Waals surface area contributed by atoms with Crippen LogP contribution in [0.25, 0.3) is 11.1 Å². The van der Waals surface area contributed by atoms with Gasteiger partial charge in [0.15, 0.2) is 5.58 Å². The van der Waals surface area contributed by atoms with Crippen molar-refractivity contribution >= 4 is 44.5 Å². The summed E-state index contributed by atoms with van der Waals surface area (Å²) in [6, 6.07) is 13.0. The van der Waals surface area contributed by atoms with Gasteiger partial charge >= 0.3 is 0 Å². The van der Waals surface area contributed by atoms with Crippen LogP contribution in [0.15, 0.2) is 55.4 Å². The Morgan fingerprint density at radius 2 is 2.10 bits per heavy atom. The van der Waals surface area contributed by atoms with Gasteiger partial charge in [-0.05, 0) is 48.2 Å². The highest BCUT2D eigenvalue weighted by atomic mass is 79.9. The summed E-state index contributed by atoms with van der Waals surface area (Å²) >= 11 is 4.66. The molecule has 6 heteroatoms. The third-order valence-corrected chi connectivity index (χ3v) is 4.07. The first kappa shape index (κ1) is 13.0. The molecule has 98 valence electrons. The molecule has 0 spiro atoms. The molecule has 3 aromatic rings. The Balaban J connectivity index is 1.99. The number of aromatic nitrogens is 1. The monoisotopic (exact) mass is 345 g/mol. The number of anilines is 1. The zero-order chi connectivity index (χ0) is 14.1. The van der Waals surface area contributed by atoms with E-state index >= 15 is 0 Å². The standard InChI is InChI=1S/C14H8BrN3OS/c15-9-1-4-13(8(5-9)7-16)20-14-18-11-6-10(17)2-3-12(11)19-14/h1-6H,17H2. The minimum atomic E-state index is 0.490. The molecule has 0 atom stereocenters. The molecule has 1 aromatic heterocycles.